The molecule has 3 rings (SSSR count). The molecule has 0 radical (unpaired) electrons. The van der Waals surface area contributed by atoms with Gasteiger partial charge >= 0.3 is 0 Å². The van der Waals surface area contributed by atoms with Gasteiger partial charge in [-0.15, -0.1) is 0 Å². The number of rotatable bonds is 5. The van der Waals surface area contributed by atoms with E-state index in [4.69, 9.17) is 0 Å². The molecule has 2 N–H and O–H groups in total. The van der Waals surface area contributed by atoms with Crippen LogP contribution in [0.3, 0.4) is 0 Å². The summed E-state index contributed by atoms with van der Waals surface area (Å²) in [6, 6.07) is 19.0. The van der Waals surface area contributed by atoms with Gasteiger partial charge < -0.3 is 10.6 Å². The van der Waals surface area contributed by atoms with Gasteiger partial charge in [-0.3, -0.25) is 4.79 Å². The van der Waals surface area contributed by atoms with Crippen molar-refractivity contribution in [2.75, 3.05) is 6.54 Å². The van der Waals surface area contributed by atoms with Gasteiger partial charge in [0.1, 0.15) is 0 Å². The van der Waals surface area contributed by atoms with Crippen LogP contribution in [-0.2, 0) is 12.8 Å². The molecule has 0 aliphatic carbocycles. The molecule has 126 valence electrons. The van der Waals surface area contributed by atoms with Gasteiger partial charge in [0.25, 0.3) is 5.91 Å². The molecule has 1 fully saturated rings. The maximum atomic E-state index is 12.8. The molecule has 3 nitrogen and oxygen atoms in total. The zero-order valence-corrected chi connectivity index (χ0v) is 14.3. The lowest BCUT2D eigenvalue weighted by atomic mass is 9.97. The highest BCUT2D eigenvalue weighted by atomic mass is 16.1. The Morgan fingerprint density at radius 3 is 2.62 bits per heavy atom. The van der Waals surface area contributed by atoms with Crippen molar-refractivity contribution in [1.82, 2.24) is 10.6 Å². The van der Waals surface area contributed by atoms with E-state index in [2.05, 4.69) is 47.9 Å². The summed E-state index contributed by atoms with van der Waals surface area (Å²) in [7, 11) is 0. The van der Waals surface area contributed by atoms with Gasteiger partial charge in [0, 0.05) is 17.6 Å². The van der Waals surface area contributed by atoms with E-state index >= 15 is 0 Å². The Balaban J connectivity index is 1.67. The van der Waals surface area contributed by atoms with Crippen LogP contribution in [0.1, 0.15) is 41.3 Å². The van der Waals surface area contributed by atoms with Crippen LogP contribution in [0.15, 0.2) is 54.6 Å². The summed E-state index contributed by atoms with van der Waals surface area (Å²) < 4.78 is 0. The molecule has 0 aromatic heterocycles. The monoisotopic (exact) mass is 322 g/mol. The highest BCUT2D eigenvalue weighted by Crippen LogP contribution is 2.15. The van der Waals surface area contributed by atoms with Crippen molar-refractivity contribution in [2.24, 2.45) is 0 Å². The van der Waals surface area contributed by atoms with Gasteiger partial charge in [0.15, 0.2) is 0 Å². The molecule has 2 aromatic carbocycles. The molecule has 1 heterocycles. The molecule has 0 saturated carbocycles. The summed E-state index contributed by atoms with van der Waals surface area (Å²) in [5, 5.41) is 6.66. The molecule has 0 spiro atoms. The normalized spacial score (nSPS) is 20.5. The van der Waals surface area contributed by atoms with Crippen molar-refractivity contribution in [1.29, 1.82) is 0 Å². The standard InChI is InChI=1S/C21H26N2O/c1-16-20(12-7-15-22-16)23-21(24)19-11-6-5-10-18(19)14-13-17-8-3-2-4-9-17/h2-6,8-11,16,20,22H,7,12-15H2,1H3,(H,23,24). The molecule has 2 atom stereocenters. The van der Waals surface area contributed by atoms with E-state index in [1.54, 1.807) is 0 Å². The van der Waals surface area contributed by atoms with Gasteiger partial charge in [-0.05, 0) is 56.3 Å². The minimum absolute atomic E-state index is 0.0548. The molecule has 24 heavy (non-hydrogen) atoms. The Hall–Kier alpha value is -2.13. The van der Waals surface area contributed by atoms with Crippen LogP contribution in [0.2, 0.25) is 0 Å². The van der Waals surface area contributed by atoms with Gasteiger partial charge in [0.2, 0.25) is 0 Å². The second-order valence-corrected chi connectivity index (χ2v) is 6.61. The third kappa shape index (κ3) is 4.24. The maximum Gasteiger partial charge on any atom is 0.251 e. The Bertz CT molecular complexity index is 669. The molecular formula is C21H26N2O. The summed E-state index contributed by atoms with van der Waals surface area (Å²) in [5.74, 6) is 0.0548. The number of aryl methyl sites for hydroxylation is 2. The molecular weight excluding hydrogens is 296 g/mol. The first-order valence-corrected chi connectivity index (χ1v) is 8.90. The van der Waals surface area contributed by atoms with Crippen molar-refractivity contribution in [3.8, 4) is 0 Å². The van der Waals surface area contributed by atoms with E-state index in [1.165, 1.54) is 5.56 Å². The van der Waals surface area contributed by atoms with Crippen molar-refractivity contribution >= 4 is 5.91 Å². The number of nitrogens with one attached hydrogen (secondary N) is 2. The van der Waals surface area contributed by atoms with E-state index in [0.717, 1.165) is 43.4 Å². The number of hydrogen-bond donors (Lipinski definition) is 2. The fraction of sp³-hybridized carbons (Fsp3) is 0.381. The fourth-order valence-corrected chi connectivity index (χ4v) is 3.37. The molecule has 1 saturated heterocycles. The largest absolute Gasteiger partial charge is 0.348 e. The Kier molecular flexibility index (Phi) is 5.65. The summed E-state index contributed by atoms with van der Waals surface area (Å²) in [6.07, 6.45) is 4.00. The molecule has 1 amide bonds. The second kappa shape index (κ2) is 8.11. The summed E-state index contributed by atoms with van der Waals surface area (Å²) in [5.41, 5.74) is 3.24. The van der Waals surface area contributed by atoms with Gasteiger partial charge in [0.05, 0.1) is 0 Å². The minimum Gasteiger partial charge on any atom is -0.348 e. The average molecular weight is 322 g/mol. The Morgan fingerprint density at radius 1 is 1.08 bits per heavy atom. The van der Waals surface area contributed by atoms with Crippen LogP contribution < -0.4 is 10.6 Å². The number of benzene rings is 2. The summed E-state index contributed by atoms with van der Waals surface area (Å²) in [6.45, 7) is 3.19. The topological polar surface area (TPSA) is 41.1 Å². The molecule has 1 aliphatic heterocycles. The number of amides is 1. The van der Waals surface area contributed by atoms with Gasteiger partial charge in [-0.2, -0.15) is 0 Å². The predicted molar refractivity (Wildman–Crippen MR) is 98.2 cm³/mol. The first kappa shape index (κ1) is 16.7. The highest BCUT2D eigenvalue weighted by Gasteiger charge is 2.23. The van der Waals surface area contributed by atoms with E-state index in [0.29, 0.717) is 6.04 Å². The lowest BCUT2D eigenvalue weighted by Gasteiger charge is -2.30. The maximum absolute atomic E-state index is 12.8. The number of carbonyl (C=O) groups excluding carboxylic acids is 1. The lowest BCUT2D eigenvalue weighted by molar-refractivity contribution is 0.0919. The molecule has 3 heteroatoms. The van der Waals surface area contributed by atoms with E-state index < -0.39 is 0 Å². The van der Waals surface area contributed by atoms with E-state index in [1.807, 2.05) is 24.3 Å². The van der Waals surface area contributed by atoms with Gasteiger partial charge in [-0.1, -0.05) is 48.5 Å². The smallest absolute Gasteiger partial charge is 0.251 e. The zero-order chi connectivity index (χ0) is 16.8. The number of piperidine rings is 1. The summed E-state index contributed by atoms with van der Waals surface area (Å²) >= 11 is 0. The van der Waals surface area contributed by atoms with Crippen LogP contribution in [0.25, 0.3) is 0 Å². The van der Waals surface area contributed by atoms with Crippen LogP contribution >= 0.6 is 0 Å². The number of hydrogen-bond acceptors (Lipinski definition) is 2. The number of carbonyl (C=O) groups is 1. The molecule has 2 aromatic rings. The van der Waals surface area contributed by atoms with Crippen LogP contribution in [0.4, 0.5) is 0 Å². The van der Waals surface area contributed by atoms with E-state index in [9.17, 15) is 4.79 Å². The van der Waals surface area contributed by atoms with Crippen molar-refractivity contribution in [3.63, 3.8) is 0 Å². The first-order chi connectivity index (χ1) is 11.7. The molecule has 2 unspecified atom stereocenters. The van der Waals surface area contributed by atoms with Crippen LogP contribution in [-0.4, -0.2) is 24.5 Å². The molecule has 1 aliphatic rings. The molecule has 0 bridgehead atoms. The van der Waals surface area contributed by atoms with Crippen LogP contribution in [0, 0.1) is 0 Å². The fourth-order valence-electron chi connectivity index (χ4n) is 3.37. The Labute approximate surface area is 144 Å². The second-order valence-electron chi connectivity index (χ2n) is 6.61. The van der Waals surface area contributed by atoms with Crippen molar-refractivity contribution in [3.05, 3.63) is 71.3 Å². The zero-order valence-electron chi connectivity index (χ0n) is 14.3. The minimum atomic E-state index is 0.0548. The van der Waals surface area contributed by atoms with Crippen LogP contribution in [0.5, 0.6) is 0 Å². The average Bonchev–Trinajstić information content (AvgIpc) is 2.63. The Morgan fingerprint density at radius 2 is 1.83 bits per heavy atom. The quantitative estimate of drug-likeness (QED) is 0.886. The summed E-state index contributed by atoms with van der Waals surface area (Å²) in [4.78, 5) is 12.8. The third-order valence-corrected chi connectivity index (χ3v) is 4.87. The highest BCUT2D eigenvalue weighted by molar-refractivity contribution is 5.95. The predicted octanol–water partition coefficient (Wildman–Crippen LogP) is 3.34. The van der Waals surface area contributed by atoms with Crippen molar-refractivity contribution < 1.29 is 4.79 Å². The van der Waals surface area contributed by atoms with E-state index in [-0.39, 0.29) is 11.9 Å². The first-order valence-electron chi connectivity index (χ1n) is 8.90. The third-order valence-electron chi connectivity index (χ3n) is 4.87. The SMILES string of the molecule is CC1NCCCC1NC(=O)c1ccccc1CCc1ccccc1. The van der Waals surface area contributed by atoms with Gasteiger partial charge in [-0.25, -0.2) is 0 Å². The van der Waals surface area contributed by atoms with Crippen molar-refractivity contribution in [2.45, 2.75) is 44.7 Å². The lowest BCUT2D eigenvalue weighted by Crippen LogP contribution is -2.52.